The molecule has 0 spiro atoms. The number of nitrogens with zero attached hydrogens (tertiary/aromatic N) is 2. The Bertz CT molecular complexity index is 1510. The number of methoxy groups -OCH3 is 1. The molecule has 0 amide bonds. The van der Waals surface area contributed by atoms with E-state index in [1.165, 1.54) is 35.7 Å². The van der Waals surface area contributed by atoms with Crippen LogP contribution in [-0.4, -0.2) is 51.2 Å². The van der Waals surface area contributed by atoms with Crippen LogP contribution in [0, 0.1) is 23.0 Å². The number of halogens is 2. The van der Waals surface area contributed by atoms with Gasteiger partial charge in [-0.25, -0.2) is 22.0 Å². The van der Waals surface area contributed by atoms with Gasteiger partial charge in [0, 0.05) is 32.4 Å². The zero-order chi connectivity index (χ0) is 30.2. The highest BCUT2D eigenvalue weighted by molar-refractivity contribution is 7.89. The van der Waals surface area contributed by atoms with E-state index in [-0.39, 0.29) is 29.3 Å². The lowest BCUT2D eigenvalue weighted by Crippen LogP contribution is -2.32. The lowest BCUT2D eigenvalue weighted by atomic mass is 9.99. The van der Waals surface area contributed by atoms with E-state index in [0.717, 1.165) is 18.2 Å². The summed E-state index contributed by atoms with van der Waals surface area (Å²) in [5, 5.41) is 9.36. The Balaban J connectivity index is 2.02. The smallest absolute Gasteiger partial charge is 0.344 e. The van der Waals surface area contributed by atoms with E-state index in [0.29, 0.717) is 29.7 Å². The highest BCUT2D eigenvalue weighted by Crippen LogP contribution is 2.33. The van der Waals surface area contributed by atoms with Crippen molar-refractivity contribution in [2.24, 2.45) is 0 Å². The SMILES string of the molecule is COCCCN(Cc1ccc(OCC(=O)OC(C)(C)C)c(-c2cc(F)cc(C#N)c2)c1)S(=O)(=O)c1ccc(F)cc1. The molecule has 0 atom stereocenters. The van der Waals surface area contributed by atoms with Crippen molar-refractivity contribution < 1.29 is 36.2 Å². The molecule has 3 aromatic rings. The zero-order valence-electron chi connectivity index (χ0n) is 23.3. The molecule has 0 saturated heterocycles. The number of hydrogen-bond acceptors (Lipinski definition) is 7. The molecular formula is C30H32F2N2O6S. The molecule has 0 saturated carbocycles. The maximum Gasteiger partial charge on any atom is 0.344 e. The van der Waals surface area contributed by atoms with Crippen molar-refractivity contribution in [3.63, 3.8) is 0 Å². The Morgan fingerprint density at radius 2 is 1.71 bits per heavy atom. The quantitative estimate of drug-likeness (QED) is 0.205. The predicted octanol–water partition coefficient (Wildman–Crippen LogP) is 5.45. The molecule has 218 valence electrons. The van der Waals surface area contributed by atoms with Crippen molar-refractivity contribution in [1.29, 1.82) is 5.26 Å². The summed E-state index contributed by atoms with van der Waals surface area (Å²) >= 11 is 0. The third kappa shape index (κ3) is 9.08. The fourth-order valence-electron chi connectivity index (χ4n) is 3.97. The van der Waals surface area contributed by atoms with Crippen molar-refractivity contribution in [3.05, 3.63) is 83.4 Å². The third-order valence-electron chi connectivity index (χ3n) is 5.71. The molecule has 3 rings (SSSR count). The Morgan fingerprint density at radius 3 is 2.34 bits per heavy atom. The molecule has 0 radical (unpaired) electrons. The number of carbonyl (C=O) groups is 1. The second-order valence-corrected chi connectivity index (χ2v) is 12.1. The van der Waals surface area contributed by atoms with Crippen molar-refractivity contribution in [2.75, 3.05) is 26.9 Å². The van der Waals surface area contributed by atoms with Crippen LogP contribution < -0.4 is 4.74 Å². The van der Waals surface area contributed by atoms with Crippen LogP contribution in [0.5, 0.6) is 5.75 Å². The molecule has 0 aromatic heterocycles. The summed E-state index contributed by atoms with van der Waals surface area (Å²) in [7, 11) is -2.52. The second kappa shape index (κ2) is 13.7. The van der Waals surface area contributed by atoms with Gasteiger partial charge in [0.1, 0.15) is 23.0 Å². The summed E-state index contributed by atoms with van der Waals surface area (Å²) in [6.45, 7) is 5.09. The van der Waals surface area contributed by atoms with Gasteiger partial charge < -0.3 is 14.2 Å². The third-order valence-corrected chi connectivity index (χ3v) is 7.57. The minimum Gasteiger partial charge on any atom is -0.481 e. The fourth-order valence-corrected chi connectivity index (χ4v) is 5.44. The van der Waals surface area contributed by atoms with Crippen LogP contribution in [-0.2, 0) is 30.8 Å². The van der Waals surface area contributed by atoms with Gasteiger partial charge in [0.15, 0.2) is 6.61 Å². The number of benzene rings is 3. The lowest BCUT2D eigenvalue weighted by molar-refractivity contribution is -0.157. The van der Waals surface area contributed by atoms with Gasteiger partial charge in [-0.05, 0) is 92.9 Å². The minimum atomic E-state index is -4.02. The Hall–Kier alpha value is -3.85. The van der Waals surface area contributed by atoms with Crippen LogP contribution in [0.2, 0.25) is 0 Å². The average Bonchev–Trinajstić information content (AvgIpc) is 2.90. The number of nitriles is 1. The topological polar surface area (TPSA) is 106 Å². The van der Waals surface area contributed by atoms with Gasteiger partial charge >= 0.3 is 5.97 Å². The summed E-state index contributed by atoms with van der Waals surface area (Å²) in [5.41, 5.74) is 0.520. The van der Waals surface area contributed by atoms with E-state index < -0.39 is 39.8 Å². The number of sulfonamides is 1. The molecule has 3 aromatic carbocycles. The average molecular weight is 587 g/mol. The van der Waals surface area contributed by atoms with Crippen LogP contribution in [0.15, 0.2) is 65.6 Å². The van der Waals surface area contributed by atoms with E-state index >= 15 is 0 Å². The van der Waals surface area contributed by atoms with Crippen LogP contribution in [0.4, 0.5) is 8.78 Å². The first-order valence-corrected chi connectivity index (χ1v) is 14.2. The van der Waals surface area contributed by atoms with Crippen molar-refractivity contribution in [3.8, 4) is 22.9 Å². The number of hydrogen-bond donors (Lipinski definition) is 0. The van der Waals surface area contributed by atoms with Gasteiger partial charge in [-0.2, -0.15) is 9.57 Å². The molecule has 0 aliphatic rings. The molecule has 0 bridgehead atoms. The molecule has 0 aliphatic carbocycles. The lowest BCUT2D eigenvalue weighted by Gasteiger charge is -2.23. The second-order valence-electron chi connectivity index (χ2n) is 10.2. The van der Waals surface area contributed by atoms with Crippen LogP contribution in [0.3, 0.4) is 0 Å². The number of ether oxygens (including phenoxy) is 3. The fraction of sp³-hybridized carbons (Fsp3) is 0.333. The first-order chi connectivity index (χ1) is 19.3. The first kappa shape index (κ1) is 31.7. The summed E-state index contributed by atoms with van der Waals surface area (Å²) in [6, 6.07) is 15.0. The van der Waals surface area contributed by atoms with Crippen LogP contribution in [0.1, 0.15) is 38.3 Å². The Morgan fingerprint density at radius 1 is 1.00 bits per heavy atom. The highest BCUT2D eigenvalue weighted by atomic mass is 32.2. The number of carbonyl (C=O) groups excluding carboxylic acids is 1. The molecule has 0 heterocycles. The largest absolute Gasteiger partial charge is 0.481 e. The highest BCUT2D eigenvalue weighted by Gasteiger charge is 2.25. The van der Waals surface area contributed by atoms with Crippen LogP contribution in [0.25, 0.3) is 11.1 Å². The minimum absolute atomic E-state index is 0.0716. The first-order valence-electron chi connectivity index (χ1n) is 12.8. The molecular weight excluding hydrogens is 554 g/mol. The van der Waals surface area contributed by atoms with Gasteiger partial charge in [-0.3, -0.25) is 0 Å². The molecule has 0 aliphatic heterocycles. The van der Waals surface area contributed by atoms with E-state index in [4.69, 9.17) is 14.2 Å². The van der Waals surface area contributed by atoms with Gasteiger partial charge in [0.05, 0.1) is 16.5 Å². The molecule has 0 fully saturated rings. The summed E-state index contributed by atoms with van der Waals surface area (Å²) < 4.78 is 72.2. The Kier molecular flexibility index (Phi) is 10.6. The maximum atomic E-state index is 14.4. The standard InChI is InChI=1S/C30H32F2N2O6S/c1-30(2,3)40-29(35)20-39-28-11-6-21(16-27(28)23-14-22(18-33)15-25(32)17-23)19-34(12-5-13-38-4)41(36,37)26-9-7-24(31)8-10-26/h6-11,14-17H,5,12-13,19-20H2,1-4H3. The van der Waals surface area contributed by atoms with E-state index in [9.17, 15) is 27.3 Å². The van der Waals surface area contributed by atoms with Crippen molar-refractivity contribution in [1.82, 2.24) is 4.31 Å². The van der Waals surface area contributed by atoms with Crippen molar-refractivity contribution >= 4 is 16.0 Å². The van der Waals surface area contributed by atoms with Gasteiger partial charge in [0.25, 0.3) is 0 Å². The van der Waals surface area contributed by atoms with E-state index in [1.807, 2.05) is 6.07 Å². The van der Waals surface area contributed by atoms with Crippen LogP contribution >= 0.6 is 0 Å². The molecule has 0 unspecified atom stereocenters. The van der Waals surface area contributed by atoms with Gasteiger partial charge in [-0.1, -0.05) is 6.07 Å². The normalized spacial score (nSPS) is 11.8. The molecule has 0 N–H and O–H groups in total. The van der Waals surface area contributed by atoms with E-state index in [2.05, 4.69) is 0 Å². The number of rotatable bonds is 12. The summed E-state index contributed by atoms with van der Waals surface area (Å²) in [5.74, 6) is -1.61. The predicted molar refractivity (Wildman–Crippen MR) is 148 cm³/mol. The summed E-state index contributed by atoms with van der Waals surface area (Å²) in [4.78, 5) is 12.2. The molecule has 8 nitrogen and oxygen atoms in total. The van der Waals surface area contributed by atoms with Crippen molar-refractivity contribution in [2.45, 2.75) is 44.2 Å². The molecule has 41 heavy (non-hydrogen) atoms. The maximum absolute atomic E-state index is 14.4. The van der Waals surface area contributed by atoms with E-state index in [1.54, 1.807) is 39.0 Å². The summed E-state index contributed by atoms with van der Waals surface area (Å²) in [6.07, 6.45) is 0.399. The Labute approximate surface area is 239 Å². The van der Waals surface area contributed by atoms with Gasteiger partial charge in [0.2, 0.25) is 10.0 Å². The number of esters is 1. The van der Waals surface area contributed by atoms with Gasteiger partial charge in [-0.15, -0.1) is 0 Å². The zero-order valence-corrected chi connectivity index (χ0v) is 24.1. The monoisotopic (exact) mass is 586 g/mol. The molecule has 11 heteroatoms.